The van der Waals surface area contributed by atoms with E-state index in [0.29, 0.717) is 21.7 Å². The molecular formula is C32H33F2N3O7S. The number of carbonyl (C=O) groups excluding carboxylic acids is 2. The maximum atomic E-state index is 13.5. The smallest absolute Gasteiger partial charge is 0.497 e. The topological polar surface area (TPSA) is 117 Å². The molecule has 0 radical (unpaired) electrons. The van der Waals surface area contributed by atoms with E-state index in [1.54, 1.807) is 18.2 Å². The Kier molecular flexibility index (Phi) is 9.40. The molecule has 10 nitrogen and oxygen atoms in total. The number of fused-ring (bicyclic) bond motifs is 2. The van der Waals surface area contributed by atoms with Crippen molar-refractivity contribution in [3.63, 3.8) is 0 Å². The summed E-state index contributed by atoms with van der Waals surface area (Å²) in [5, 5.41) is 6.17. The molecule has 3 heterocycles. The maximum Gasteiger partial charge on any atom is 0.586 e. The second-order valence-electron chi connectivity index (χ2n) is 10.9. The van der Waals surface area contributed by atoms with E-state index >= 15 is 0 Å². The fraction of sp³-hybridized carbons (Fsp3) is 0.344. The van der Waals surface area contributed by atoms with Crippen LogP contribution in [0.4, 0.5) is 20.2 Å². The second-order valence-corrected chi connectivity index (χ2v) is 12.1. The molecule has 2 atom stereocenters. The van der Waals surface area contributed by atoms with Crippen molar-refractivity contribution in [3.8, 4) is 23.0 Å². The number of nitrogens with zero attached hydrogens (tertiary/aromatic N) is 1. The highest BCUT2D eigenvalue weighted by Crippen LogP contribution is 2.42. The van der Waals surface area contributed by atoms with E-state index in [9.17, 15) is 18.4 Å². The van der Waals surface area contributed by atoms with E-state index < -0.39 is 18.1 Å². The van der Waals surface area contributed by atoms with Gasteiger partial charge < -0.3 is 34.3 Å². The summed E-state index contributed by atoms with van der Waals surface area (Å²) in [7, 11) is 2.91. The number of amides is 2. The molecule has 0 bridgehead atoms. The van der Waals surface area contributed by atoms with Gasteiger partial charge >= 0.3 is 6.29 Å². The normalized spacial score (nSPS) is 18.0. The molecule has 1 saturated heterocycles. The molecule has 45 heavy (non-hydrogen) atoms. The summed E-state index contributed by atoms with van der Waals surface area (Å²) in [4.78, 5) is 31.0. The Morgan fingerprint density at radius 1 is 0.933 bits per heavy atom. The van der Waals surface area contributed by atoms with Gasteiger partial charge in [-0.1, -0.05) is 13.8 Å². The number of rotatable bonds is 6. The summed E-state index contributed by atoms with van der Waals surface area (Å²) in [6.07, 6.45) is -2.43. The molecule has 1 fully saturated rings. The zero-order valence-electron chi connectivity index (χ0n) is 25.4. The number of anilines is 2. The van der Waals surface area contributed by atoms with Crippen LogP contribution in [0.2, 0.25) is 0 Å². The number of aromatic nitrogens is 1. The number of ether oxygens (including phenoxy) is 5. The van der Waals surface area contributed by atoms with Gasteiger partial charge in [0.1, 0.15) is 17.1 Å². The summed E-state index contributed by atoms with van der Waals surface area (Å²) in [5.41, 5.74) is 1.37. The molecular weight excluding hydrogens is 608 g/mol. The van der Waals surface area contributed by atoms with Crippen molar-refractivity contribution in [1.29, 1.82) is 0 Å². The van der Waals surface area contributed by atoms with Gasteiger partial charge in [-0.2, -0.15) is 0 Å². The molecule has 1 aromatic heterocycles. The van der Waals surface area contributed by atoms with Gasteiger partial charge in [-0.3, -0.25) is 9.59 Å². The van der Waals surface area contributed by atoms with Crippen LogP contribution in [0, 0.1) is 18.8 Å². The van der Waals surface area contributed by atoms with E-state index in [2.05, 4.69) is 38.9 Å². The Hall–Kier alpha value is -4.49. The molecule has 3 aromatic carbocycles. The molecule has 0 aliphatic carbocycles. The molecule has 2 amide bonds. The van der Waals surface area contributed by atoms with Crippen molar-refractivity contribution in [2.45, 2.75) is 33.5 Å². The van der Waals surface area contributed by atoms with Gasteiger partial charge in [0, 0.05) is 31.0 Å². The zero-order chi connectivity index (χ0) is 32.3. The average Bonchev–Trinajstić information content (AvgIpc) is 3.52. The van der Waals surface area contributed by atoms with Crippen molar-refractivity contribution in [3.05, 3.63) is 64.7 Å². The molecule has 0 spiro atoms. The van der Waals surface area contributed by atoms with Crippen molar-refractivity contribution in [2.75, 3.05) is 38.1 Å². The Morgan fingerprint density at radius 2 is 1.67 bits per heavy atom. The molecule has 238 valence electrons. The van der Waals surface area contributed by atoms with Gasteiger partial charge in [0.15, 0.2) is 11.5 Å². The number of methoxy groups -OCH3 is 2. The predicted molar refractivity (Wildman–Crippen MR) is 166 cm³/mol. The van der Waals surface area contributed by atoms with Gasteiger partial charge in [-0.15, -0.1) is 20.1 Å². The molecule has 4 aromatic rings. The molecule has 2 aliphatic heterocycles. The lowest BCUT2D eigenvalue weighted by molar-refractivity contribution is -0.286. The second kappa shape index (κ2) is 13.2. The highest BCUT2D eigenvalue weighted by Gasteiger charge is 2.43. The van der Waals surface area contributed by atoms with E-state index in [4.69, 9.17) is 14.2 Å². The predicted octanol–water partition coefficient (Wildman–Crippen LogP) is 7.13. The lowest BCUT2D eigenvalue weighted by Gasteiger charge is -2.23. The van der Waals surface area contributed by atoms with Gasteiger partial charge in [0.2, 0.25) is 0 Å². The Morgan fingerprint density at radius 3 is 2.33 bits per heavy atom. The molecule has 2 N–H and O–H groups in total. The minimum absolute atomic E-state index is 0.101. The summed E-state index contributed by atoms with van der Waals surface area (Å²) in [5.74, 6) is 0.835. The number of carbonyl (C=O) groups is 2. The van der Waals surface area contributed by atoms with Crippen LogP contribution < -0.4 is 29.6 Å². The number of alkyl halides is 2. The van der Waals surface area contributed by atoms with Gasteiger partial charge in [-0.05, 0) is 61.6 Å². The monoisotopic (exact) mass is 641 g/mol. The number of hydrogen-bond donors (Lipinski definition) is 2. The third kappa shape index (κ3) is 7.43. The average molecular weight is 642 g/mol. The maximum absolute atomic E-state index is 13.5. The highest BCUT2D eigenvalue weighted by molar-refractivity contribution is 7.19. The Bertz CT molecular complexity index is 1720. The first kappa shape index (κ1) is 31.9. The van der Waals surface area contributed by atoms with E-state index in [1.165, 1.54) is 62.3 Å². The third-order valence-electron chi connectivity index (χ3n) is 7.06. The first-order valence-corrected chi connectivity index (χ1v) is 15.0. The van der Waals surface area contributed by atoms with Crippen molar-refractivity contribution < 1.29 is 42.1 Å². The number of thiazole rings is 1. The van der Waals surface area contributed by atoms with Gasteiger partial charge in [0.05, 0.1) is 40.7 Å². The minimum atomic E-state index is -3.78. The van der Waals surface area contributed by atoms with E-state index in [-0.39, 0.29) is 34.0 Å². The molecule has 13 heteroatoms. The summed E-state index contributed by atoms with van der Waals surface area (Å²) in [6.45, 7) is 8.28. The van der Waals surface area contributed by atoms with Crippen LogP contribution in [0.1, 0.15) is 46.0 Å². The van der Waals surface area contributed by atoms with Crippen molar-refractivity contribution in [2.24, 2.45) is 11.8 Å². The number of aryl methyl sites for hydroxylation is 1. The zero-order valence-corrected chi connectivity index (χ0v) is 26.2. The highest BCUT2D eigenvalue weighted by atomic mass is 32.1. The standard InChI is InChI=1S/C25H19F2N3O6S.C7H14O/c1-12-28-16-7-9-19(34-3)21(22(16)37-12)24(32)30-17-11-14(33-2)5-6-15(17)23(31)29-13-4-8-18-20(10-13)36-25(26,27)35-18;1-6-3-7(2)5-8-4-6/h4-11H,1-3H3,(H,29,31)(H,30,32);6-7H,3-5H2,1-2H3. The quantitative estimate of drug-likeness (QED) is 0.229. The number of nitrogens with one attached hydrogen (secondary N) is 2. The van der Waals surface area contributed by atoms with Crippen LogP contribution in [0.5, 0.6) is 23.0 Å². The summed E-state index contributed by atoms with van der Waals surface area (Å²) in [6, 6.07) is 11.8. The van der Waals surface area contributed by atoms with E-state index in [0.717, 1.165) is 30.1 Å². The molecule has 0 saturated carbocycles. The molecule has 2 aliphatic rings. The minimum Gasteiger partial charge on any atom is -0.497 e. The van der Waals surface area contributed by atoms with Crippen LogP contribution in [-0.4, -0.2) is 50.5 Å². The first-order chi connectivity index (χ1) is 21.5. The fourth-order valence-corrected chi connectivity index (χ4v) is 6.08. The Balaban J connectivity index is 0.000000436. The van der Waals surface area contributed by atoms with Crippen LogP contribution in [0.15, 0.2) is 48.5 Å². The Labute approximate surface area is 262 Å². The number of halogens is 2. The van der Waals surface area contributed by atoms with Crippen molar-refractivity contribution >= 4 is 44.7 Å². The van der Waals surface area contributed by atoms with E-state index in [1.807, 2.05) is 6.92 Å². The lowest BCUT2D eigenvalue weighted by Crippen LogP contribution is -2.25. The number of benzene rings is 3. The molecule has 6 rings (SSSR count). The third-order valence-corrected chi connectivity index (χ3v) is 8.07. The fourth-order valence-electron chi connectivity index (χ4n) is 5.13. The SMILES string of the molecule is CC1COCC(C)C1.COc1ccc(C(=O)Nc2ccc3c(c2)OC(F)(F)O3)c(NC(=O)c2c(OC)ccc3nc(C)sc23)c1. The molecule has 2 unspecified atom stereocenters. The van der Waals surface area contributed by atoms with Crippen LogP contribution >= 0.6 is 11.3 Å². The lowest BCUT2D eigenvalue weighted by atomic mass is 9.96. The summed E-state index contributed by atoms with van der Waals surface area (Å²) < 4.78 is 52.1. The first-order valence-electron chi connectivity index (χ1n) is 14.2. The van der Waals surface area contributed by atoms with Gasteiger partial charge in [0.25, 0.3) is 11.8 Å². The van der Waals surface area contributed by atoms with Gasteiger partial charge in [-0.25, -0.2) is 4.98 Å². The van der Waals surface area contributed by atoms with Crippen LogP contribution in [0.25, 0.3) is 10.2 Å². The van der Waals surface area contributed by atoms with Crippen molar-refractivity contribution in [1.82, 2.24) is 4.98 Å². The number of hydrogen-bond acceptors (Lipinski definition) is 9. The van der Waals surface area contributed by atoms with Crippen LogP contribution in [-0.2, 0) is 4.74 Å². The van der Waals surface area contributed by atoms with Crippen LogP contribution in [0.3, 0.4) is 0 Å². The largest absolute Gasteiger partial charge is 0.586 e. The summed E-state index contributed by atoms with van der Waals surface area (Å²) >= 11 is 1.35.